The van der Waals surface area contributed by atoms with E-state index in [4.69, 9.17) is 0 Å². The molecule has 13 heavy (non-hydrogen) atoms. The summed E-state index contributed by atoms with van der Waals surface area (Å²) in [5, 5.41) is 0. The highest BCUT2D eigenvalue weighted by Gasteiger charge is 2.27. The summed E-state index contributed by atoms with van der Waals surface area (Å²) < 4.78 is 0. The normalized spacial score (nSPS) is 15.6. The smallest absolute Gasteiger partial charge is 0.0686 e. The number of hydrogen-bond acceptors (Lipinski definition) is 1. The second-order valence-corrected chi connectivity index (χ2v) is 9.88. The van der Waals surface area contributed by atoms with Gasteiger partial charge in [0.05, 0.1) is 8.07 Å². The van der Waals surface area contributed by atoms with Crippen molar-refractivity contribution in [3.05, 3.63) is 12.2 Å². The lowest BCUT2D eigenvalue weighted by Crippen LogP contribution is -2.49. The van der Waals surface area contributed by atoms with E-state index in [-0.39, 0.29) is 0 Å². The van der Waals surface area contributed by atoms with Crippen LogP contribution in [0.3, 0.4) is 0 Å². The summed E-state index contributed by atoms with van der Waals surface area (Å²) in [7, 11) is -1.07. The molecule has 0 amide bonds. The molecule has 1 unspecified atom stereocenters. The van der Waals surface area contributed by atoms with Crippen LogP contribution in [0.4, 0.5) is 0 Å². The predicted octanol–water partition coefficient (Wildman–Crippen LogP) is 3.15. The number of rotatable bonds is 5. The Labute approximate surface area is 84.8 Å². The molecule has 0 spiro atoms. The minimum atomic E-state index is -1.07. The van der Waals surface area contributed by atoms with Crippen LogP contribution in [0.15, 0.2) is 12.2 Å². The molecule has 0 rings (SSSR count). The average molecular weight is 199 g/mol. The van der Waals surface area contributed by atoms with Gasteiger partial charge in [-0.15, -0.1) is 0 Å². The van der Waals surface area contributed by atoms with E-state index in [1.54, 1.807) is 0 Å². The van der Waals surface area contributed by atoms with Crippen LogP contribution in [0.25, 0.3) is 0 Å². The first-order valence-electron chi connectivity index (χ1n) is 5.34. The van der Waals surface area contributed by atoms with E-state index in [0.29, 0.717) is 5.67 Å². The van der Waals surface area contributed by atoms with Crippen molar-refractivity contribution >= 4 is 8.07 Å². The first-order chi connectivity index (χ1) is 5.97. The molecule has 0 aromatic rings. The molecule has 0 N–H and O–H groups in total. The second kappa shape index (κ2) is 5.61. The van der Waals surface area contributed by atoms with Crippen molar-refractivity contribution in [1.29, 1.82) is 0 Å². The summed E-state index contributed by atoms with van der Waals surface area (Å²) in [6.45, 7) is 16.3. The van der Waals surface area contributed by atoms with Gasteiger partial charge in [-0.2, -0.15) is 0 Å². The molecule has 0 radical (unpaired) electrons. The second-order valence-electron chi connectivity index (χ2n) is 4.56. The maximum absolute atomic E-state index is 2.56. The SMILES string of the molecule is CC=CC(N(CC)CC)[Si](C)(C)C. The fourth-order valence-electron chi connectivity index (χ4n) is 1.76. The van der Waals surface area contributed by atoms with Crippen LogP contribution >= 0.6 is 0 Å². The van der Waals surface area contributed by atoms with Crippen LogP contribution in [-0.2, 0) is 0 Å². The van der Waals surface area contributed by atoms with E-state index >= 15 is 0 Å². The van der Waals surface area contributed by atoms with Crippen LogP contribution in [0, 0.1) is 0 Å². The van der Waals surface area contributed by atoms with E-state index in [2.05, 4.69) is 57.5 Å². The van der Waals surface area contributed by atoms with Gasteiger partial charge in [0, 0.05) is 5.67 Å². The molecular formula is C11H25NSi. The highest BCUT2D eigenvalue weighted by Crippen LogP contribution is 2.15. The Morgan fingerprint density at radius 2 is 1.62 bits per heavy atom. The van der Waals surface area contributed by atoms with Crippen LogP contribution < -0.4 is 0 Å². The van der Waals surface area contributed by atoms with E-state index in [9.17, 15) is 0 Å². The molecule has 0 saturated heterocycles. The molecule has 0 saturated carbocycles. The Bertz CT molecular complexity index is 154. The van der Waals surface area contributed by atoms with Gasteiger partial charge >= 0.3 is 0 Å². The number of nitrogens with zero attached hydrogens (tertiary/aromatic N) is 1. The zero-order valence-corrected chi connectivity index (χ0v) is 11.1. The summed E-state index contributed by atoms with van der Waals surface area (Å²) in [5.74, 6) is 0. The minimum absolute atomic E-state index is 0.701. The number of allylic oxidation sites excluding steroid dienone is 1. The van der Waals surface area contributed by atoms with Crippen LogP contribution in [0.2, 0.25) is 19.6 Å². The first kappa shape index (κ1) is 12.9. The molecule has 0 heterocycles. The van der Waals surface area contributed by atoms with Crippen molar-refractivity contribution in [2.24, 2.45) is 0 Å². The zero-order chi connectivity index (χ0) is 10.5. The third-order valence-electron chi connectivity index (χ3n) is 2.47. The van der Waals surface area contributed by atoms with Crippen LogP contribution in [-0.4, -0.2) is 31.7 Å². The maximum atomic E-state index is 2.56. The minimum Gasteiger partial charge on any atom is -0.300 e. The fraction of sp³-hybridized carbons (Fsp3) is 0.818. The molecule has 1 nitrogen and oxygen atoms in total. The molecule has 1 atom stereocenters. The lowest BCUT2D eigenvalue weighted by molar-refractivity contribution is 0.302. The quantitative estimate of drug-likeness (QED) is 0.486. The Balaban J connectivity index is 4.58. The monoisotopic (exact) mass is 199 g/mol. The fourth-order valence-corrected chi connectivity index (χ4v) is 3.99. The van der Waals surface area contributed by atoms with Crippen LogP contribution in [0.5, 0.6) is 0 Å². The lowest BCUT2D eigenvalue weighted by Gasteiger charge is -2.36. The van der Waals surface area contributed by atoms with Gasteiger partial charge in [0.25, 0.3) is 0 Å². The Morgan fingerprint density at radius 1 is 1.15 bits per heavy atom. The summed E-state index contributed by atoms with van der Waals surface area (Å²) in [6.07, 6.45) is 4.57. The van der Waals surface area contributed by atoms with Gasteiger partial charge in [-0.1, -0.05) is 45.6 Å². The highest BCUT2D eigenvalue weighted by atomic mass is 28.3. The average Bonchev–Trinajstić information content (AvgIpc) is 2.03. The molecule has 0 aliphatic rings. The van der Waals surface area contributed by atoms with Gasteiger partial charge in [0.2, 0.25) is 0 Å². The lowest BCUT2D eigenvalue weighted by atomic mass is 10.4. The van der Waals surface area contributed by atoms with Gasteiger partial charge in [-0.05, 0) is 20.0 Å². The van der Waals surface area contributed by atoms with Gasteiger partial charge < -0.3 is 4.90 Å². The van der Waals surface area contributed by atoms with Crippen LogP contribution in [0.1, 0.15) is 20.8 Å². The molecule has 0 aliphatic heterocycles. The molecule has 0 bridgehead atoms. The molecular weight excluding hydrogens is 174 g/mol. The summed E-state index contributed by atoms with van der Waals surface area (Å²) in [6, 6.07) is 0. The van der Waals surface area contributed by atoms with Gasteiger partial charge in [0.1, 0.15) is 0 Å². The highest BCUT2D eigenvalue weighted by molar-refractivity contribution is 6.78. The summed E-state index contributed by atoms with van der Waals surface area (Å²) in [5.41, 5.74) is 0.701. The maximum Gasteiger partial charge on any atom is 0.0686 e. The number of likely N-dealkylation sites (N-methyl/N-ethyl adjacent to an activating group) is 1. The van der Waals surface area contributed by atoms with Crippen molar-refractivity contribution in [1.82, 2.24) is 4.90 Å². The number of hydrogen-bond donors (Lipinski definition) is 0. The van der Waals surface area contributed by atoms with Crippen molar-refractivity contribution in [2.45, 2.75) is 46.1 Å². The van der Waals surface area contributed by atoms with Crippen molar-refractivity contribution in [3.63, 3.8) is 0 Å². The van der Waals surface area contributed by atoms with Gasteiger partial charge in [-0.25, -0.2) is 0 Å². The molecule has 0 aromatic carbocycles. The summed E-state index contributed by atoms with van der Waals surface area (Å²) in [4.78, 5) is 2.56. The van der Waals surface area contributed by atoms with Gasteiger partial charge in [-0.3, -0.25) is 0 Å². The zero-order valence-electron chi connectivity index (χ0n) is 10.1. The Kier molecular flexibility index (Phi) is 5.57. The predicted molar refractivity (Wildman–Crippen MR) is 64.9 cm³/mol. The standard InChI is InChI=1S/C11H25NSi/c1-7-10-11(13(4,5)6)12(8-2)9-3/h7,10-11H,8-9H2,1-6H3. The van der Waals surface area contributed by atoms with Crippen molar-refractivity contribution in [3.8, 4) is 0 Å². The Hall–Kier alpha value is -0.0831. The third-order valence-corrected chi connectivity index (χ3v) is 4.80. The molecule has 0 aromatic heterocycles. The topological polar surface area (TPSA) is 3.24 Å². The molecule has 0 aliphatic carbocycles. The first-order valence-corrected chi connectivity index (χ1v) is 8.91. The van der Waals surface area contributed by atoms with Crippen molar-refractivity contribution in [2.75, 3.05) is 13.1 Å². The van der Waals surface area contributed by atoms with E-state index in [0.717, 1.165) is 13.1 Å². The molecule has 0 fully saturated rings. The van der Waals surface area contributed by atoms with E-state index < -0.39 is 8.07 Å². The Morgan fingerprint density at radius 3 is 1.85 bits per heavy atom. The summed E-state index contributed by atoms with van der Waals surface area (Å²) >= 11 is 0. The van der Waals surface area contributed by atoms with E-state index in [1.807, 2.05) is 0 Å². The molecule has 2 heteroatoms. The van der Waals surface area contributed by atoms with Crippen molar-refractivity contribution < 1.29 is 0 Å². The van der Waals surface area contributed by atoms with E-state index in [1.165, 1.54) is 0 Å². The molecule has 78 valence electrons. The largest absolute Gasteiger partial charge is 0.300 e. The third kappa shape index (κ3) is 4.10. The van der Waals surface area contributed by atoms with Gasteiger partial charge in [0.15, 0.2) is 0 Å².